The average molecular weight is 237 g/mol. The normalized spacial score (nSPS) is 12.6. The van der Waals surface area contributed by atoms with Crippen molar-refractivity contribution < 1.29 is 8.78 Å². The molecule has 0 bridgehead atoms. The van der Waals surface area contributed by atoms with Gasteiger partial charge in [-0.25, -0.2) is 13.8 Å². The largest absolute Gasteiger partial charge is 0.349 e. The van der Waals surface area contributed by atoms with Crippen molar-refractivity contribution in [1.29, 1.82) is 0 Å². The van der Waals surface area contributed by atoms with Crippen LogP contribution in [-0.4, -0.2) is 17.0 Å². The fourth-order valence-corrected chi connectivity index (χ4v) is 1.80. The SMILES string of the molecule is CNC(Cc1ncc[nH]1)c1c(F)cccc1F. The van der Waals surface area contributed by atoms with Crippen LogP contribution in [0.4, 0.5) is 8.78 Å². The minimum absolute atomic E-state index is 0.0476. The molecule has 3 nitrogen and oxygen atoms in total. The Labute approximate surface area is 97.9 Å². The molecule has 0 amide bonds. The lowest BCUT2D eigenvalue weighted by Gasteiger charge is -2.16. The molecule has 1 unspecified atom stereocenters. The molecular weight excluding hydrogens is 224 g/mol. The zero-order valence-electron chi connectivity index (χ0n) is 9.37. The lowest BCUT2D eigenvalue weighted by Crippen LogP contribution is -2.22. The summed E-state index contributed by atoms with van der Waals surface area (Å²) in [5.41, 5.74) is 0.0476. The topological polar surface area (TPSA) is 40.7 Å². The molecule has 1 aromatic carbocycles. The quantitative estimate of drug-likeness (QED) is 0.855. The smallest absolute Gasteiger partial charge is 0.130 e. The molecule has 1 aromatic heterocycles. The zero-order valence-corrected chi connectivity index (χ0v) is 9.37. The first kappa shape index (κ1) is 11.7. The first-order valence-electron chi connectivity index (χ1n) is 5.31. The van der Waals surface area contributed by atoms with Crippen LogP contribution < -0.4 is 5.32 Å². The second kappa shape index (κ2) is 5.05. The fourth-order valence-electron chi connectivity index (χ4n) is 1.80. The van der Waals surface area contributed by atoms with Gasteiger partial charge in [-0.1, -0.05) is 6.07 Å². The van der Waals surface area contributed by atoms with E-state index in [2.05, 4.69) is 15.3 Å². The van der Waals surface area contributed by atoms with Crippen LogP contribution in [0, 0.1) is 11.6 Å². The number of imidazole rings is 1. The van der Waals surface area contributed by atoms with E-state index in [0.717, 1.165) is 0 Å². The van der Waals surface area contributed by atoms with Crippen LogP contribution in [0.2, 0.25) is 0 Å². The van der Waals surface area contributed by atoms with E-state index < -0.39 is 17.7 Å². The molecule has 90 valence electrons. The van der Waals surface area contributed by atoms with Crippen LogP contribution in [0.25, 0.3) is 0 Å². The highest BCUT2D eigenvalue weighted by atomic mass is 19.1. The number of aromatic amines is 1. The molecule has 0 radical (unpaired) electrons. The van der Waals surface area contributed by atoms with Crippen molar-refractivity contribution in [1.82, 2.24) is 15.3 Å². The minimum Gasteiger partial charge on any atom is -0.349 e. The van der Waals surface area contributed by atoms with Gasteiger partial charge in [0.25, 0.3) is 0 Å². The highest BCUT2D eigenvalue weighted by Gasteiger charge is 2.19. The van der Waals surface area contributed by atoms with E-state index in [4.69, 9.17) is 0 Å². The van der Waals surface area contributed by atoms with Gasteiger partial charge >= 0.3 is 0 Å². The summed E-state index contributed by atoms with van der Waals surface area (Å²) in [6.45, 7) is 0. The number of nitrogens with one attached hydrogen (secondary N) is 2. The molecule has 2 aromatic rings. The predicted octanol–water partition coefficient (Wildman–Crippen LogP) is 2.19. The number of aromatic nitrogens is 2. The number of halogens is 2. The number of rotatable bonds is 4. The van der Waals surface area contributed by atoms with Gasteiger partial charge in [0, 0.05) is 30.4 Å². The second-order valence-corrected chi connectivity index (χ2v) is 3.72. The maximum absolute atomic E-state index is 13.6. The molecule has 0 saturated heterocycles. The number of H-pyrrole nitrogens is 1. The molecule has 0 fully saturated rings. The molecule has 2 rings (SSSR count). The van der Waals surface area contributed by atoms with Crippen LogP contribution in [0.5, 0.6) is 0 Å². The Hall–Kier alpha value is -1.75. The first-order chi connectivity index (χ1) is 8.22. The molecule has 2 N–H and O–H groups in total. The Balaban J connectivity index is 2.29. The van der Waals surface area contributed by atoms with Crippen LogP contribution in [0.15, 0.2) is 30.6 Å². The standard InChI is InChI=1S/C12H13F2N3/c1-15-10(7-11-16-5-6-17-11)12-8(13)3-2-4-9(12)14/h2-6,10,15H,7H2,1H3,(H,16,17). The third-order valence-corrected chi connectivity index (χ3v) is 2.65. The van der Waals surface area contributed by atoms with Crippen molar-refractivity contribution in [2.24, 2.45) is 0 Å². The summed E-state index contributed by atoms with van der Waals surface area (Å²) < 4.78 is 27.2. The van der Waals surface area contributed by atoms with Crippen molar-refractivity contribution in [3.63, 3.8) is 0 Å². The number of benzene rings is 1. The van der Waals surface area contributed by atoms with Gasteiger partial charge in [-0.2, -0.15) is 0 Å². The van der Waals surface area contributed by atoms with Crippen molar-refractivity contribution in [2.75, 3.05) is 7.05 Å². The third kappa shape index (κ3) is 2.50. The molecule has 1 atom stereocenters. The first-order valence-corrected chi connectivity index (χ1v) is 5.31. The van der Waals surface area contributed by atoms with Gasteiger partial charge in [-0.15, -0.1) is 0 Å². The number of hydrogen-bond acceptors (Lipinski definition) is 2. The molecule has 0 aliphatic heterocycles. The van der Waals surface area contributed by atoms with Gasteiger partial charge in [-0.05, 0) is 19.2 Å². The van der Waals surface area contributed by atoms with E-state index in [1.54, 1.807) is 19.4 Å². The molecule has 0 aliphatic rings. The molecule has 0 saturated carbocycles. The molecule has 0 aliphatic carbocycles. The van der Waals surface area contributed by atoms with E-state index in [1.807, 2.05) is 0 Å². The van der Waals surface area contributed by atoms with E-state index in [1.165, 1.54) is 18.2 Å². The van der Waals surface area contributed by atoms with Gasteiger partial charge in [0.1, 0.15) is 17.5 Å². The van der Waals surface area contributed by atoms with Crippen LogP contribution in [0.3, 0.4) is 0 Å². The highest BCUT2D eigenvalue weighted by Crippen LogP contribution is 2.22. The van der Waals surface area contributed by atoms with Gasteiger partial charge in [-0.3, -0.25) is 0 Å². The number of hydrogen-bond donors (Lipinski definition) is 2. The summed E-state index contributed by atoms with van der Waals surface area (Å²) in [6.07, 6.45) is 3.70. The van der Waals surface area contributed by atoms with Crippen molar-refractivity contribution in [2.45, 2.75) is 12.5 Å². The van der Waals surface area contributed by atoms with Gasteiger partial charge < -0.3 is 10.3 Å². The Bertz CT molecular complexity index is 462. The lowest BCUT2D eigenvalue weighted by molar-refractivity contribution is 0.484. The molecule has 1 heterocycles. The minimum atomic E-state index is -0.545. The predicted molar refractivity (Wildman–Crippen MR) is 60.5 cm³/mol. The summed E-state index contributed by atoms with van der Waals surface area (Å²) in [6, 6.07) is 3.42. The Morgan fingerprint density at radius 2 is 2.06 bits per heavy atom. The maximum Gasteiger partial charge on any atom is 0.130 e. The summed E-state index contributed by atoms with van der Waals surface area (Å²) in [5.74, 6) is -0.404. The number of likely N-dealkylation sites (N-methyl/N-ethyl adjacent to an activating group) is 1. The molecule has 17 heavy (non-hydrogen) atoms. The lowest BCUT2D eigenvalue weighted by atomic mass is 10.0. The summed E-state index contributed by atoms with van der Waals surface area (Å²) >= 11 is 0. The van der Waals surface area contributed by atoms with Crippen molar-refractivity contribution >= 4 is 0 Å². The van der Waals surface area contributed by atoms with Gasteiger partial charge in [0.05, 0.1) is 0 Å². The van der Waals surface area contributed by atoms with Crippen LogP contribution in [0.1, 0.15) is 17.4 Å². The Morgan fingerprint density at radius 1 is 1.35 bits per heavy atom. The zero-order chi connectivity index (χ0) is 12.3. The van der Waals surface area contributed by atoms with E-state index in [0.29, 0.717) is 12.2 Å². The highest BCUT2D eigenvalue weighted by molar-refractivity contribution is 5.24. The Morgan fingerprint density at radius 3 is 2.59 bits per heavy atom. The van der Waals surface area contributed by atoms with Gasteiger partial charge in [0.15, 0.2) is 0 Å². The van der Waals surface area contributed by atoms with E-state index in [-0.39, 0.29) is 5.56 Å². The van der Waals surface area contributed by atoms with Crippen LogP contribution in [-0.2, 0) is 6.42 Å². The molecule has 5 heteroatoms. The average Bonchev–Trinajstić information content (AvgIpc) is 2.80. The Kier molecular flexibility index (Phi) is 3.49. The fraction of sp³-hybridized carbons (Fsp3) is 0.250. The van der Waals surface area contributed by atoms with E-state index in [9.17, 15) is 8.78 Å². The number of nitrogens with zero attached hydrogens (tertiary/aromatic N) is 1. The van der Waals surface area contributed by atoms with E-state index >= 15 is 0 Å². The summed E-state index contributed by atoms with van der Waals surface area (Å²) in [5, 5.41) is 2.90. The second-order valence-electron chi connectivity index (χ2n) is 3.72. The molecule has 0 spiro atoms. The van der Waals surface area contributed by atoms with Crippen LogP contribution >= 0.6 is 0 Å². The van der Waals surface area contributed by atoms with Gasteiger partial charge in [0.2, 0.25) is 0 Å². The third-order valence-electron chi connectivity index (χ3n) is 2.65. The van der Waals surface area contributed by atoms with Crippen molar-refractivity contribution in [3.05, 3.63) is 53.6 Å². The van der Waals surface area contributed by atoms with Crippen molar-refractivity contribution in [3.8, 4) is 0 Å². The maximum atomic E-state index is 13.6. The molecular formula is C12H13F2N3. The monoisotopic (exact) mass is 237 g/mol. The summed E-state index contributed by atoms with van der Waals surface area (Å²) in [4.78, 5) is 6.96. The summed E-state index contributed by atoms with van der Waals surface area (Å²) in [7, 11) is 1.67.